The highest BCUT2D eigenvalue weighted by molar-refractivity contribution is 5.83. The van der Waals surface area contributed by atoms with Crippen molar-refractivity contribution in [1.82, 2.24) is 4.90 Å². The zero-order valence-corrected chi connectivity index (χ0v) is 8.21. The summed E-state index contributed by atoms with van der Waals surface area (Å²) in [4.78, 5) is 14.0. The van der Waals surface area contributed by atoms with Crippen LogP contribution in [0.2, 0.25) is 0 Å². The molecule has 0 aliphatic carbocycles. The Morgan fingerprint density at radius 2 is 1.85 bits per heavy atom. The van der Waals surface area contributed by atoms with Crippen molar-refractivity contribution in [3.8, 4) is 0 Å². The van der Waals surface area contributed by atoms with Crippen molar-refractivity contribution in [3.05, 3.63) is 0 Å². The molecule has 0 atom stereocenters. The minimum Gasteiger partial charge on any atom is -0.379 e. The number of amides is 1. The van der Waals surface area contributed by atoms with Gasteiger partial charge in [-0.05, 0) is 26.2 Å². The fourth-order valence-corrected chi connectivity index (χ4v) is 2.01. The van der Waals surface area contributed by atoms with Crippen molar-refractivity contribution >= 4 is 5.91 Å². The second-order valence-electron chi connectivity index (χ2n) is 4.41. The third-order valence-corrected chi connectivity index (χ3v) is 3.00. The quantitative estimate of drug-likeness (QED) is 0.608. The molecule has 0 saturated carbocycles. The summed E-state index contributed by atoms with van der Waals surface area (Å²) in [5, 5.41) is 0. The number of likely N-dealkylation sites (tertiary alicyclic amines) is 1. The molecule has 0 aromatic heterocycles. The summed E-state index contributed by atoms with van der Waals surface area (Å²) in [6.07, 6.45) is 3.61. The van der Waals surface area contributed by atoms with Gasteiger partial charge in [-0.1, -0.05) is 0 Å². The second-order valence-corrected chi connectivity index (χ2v) is 4.41. The summed E-state index contributed by atoms with van der Waals surface area (Å²) in [6.45, 7) is 5.14. The fraction of sp³-hybridized carbons (Fsp3) is 0.900. The van der Waals surface area contributed by atoms with Crippen LogP contribution in [0, 0.1) is 5.41 Å². The Morgan fingerprint density at radius 3 is 2.31 bits per heavy atom. The molecule has 2 aliphatic rings. The van der Waals surface area contributed by atoms with Gasteiger partial charge >= 0.3 is 0 Å². The van der Waals surface area contributed by atoms with Gasteiger partial charge in [0.2, 0.25) is 5.91 Å². The van der Waals surface area contributed by atoms with Crippen LogP contribution in [0.1, 0.15) is 26.2 Å². The normalized spacial score (nSPS) is 26.7. The lowest BCUT2D eigenvalue weighted by Gasteiger charge is -2.41. The lowest BCUT2D eigenvalue weighted by Crippen LogP contribution is -2.54. The first-order valence-corrected chi connectivity index (χ1v) is 5.09. The average molecular weight is 183 g/mol. The van der Waals surface area contributed by atoms with Gasteiger partial charge in [0.05, 0.1) is 18.6 Å². The molecule has 2 fully saturated rings. The molecule has 0 aromatic carbocycles. The van der Waals surface area contributed by atoms with Gasteiger partial charge in [-0.3, -0.25) is 4.79 Å². The smallest absolute Gasteiger partial charge is 0.233 e. The highest BCUT2D eigenvalue weighted by Gasteiger charge is 2.43. The zero-order chi connectivity index (χ0) is 9.31. The molecule has 0 radical (unpaired) electrons. The van der Waals surface area contributed by atoms with E-state index in [1.165, 1.54) is 19.3 Å². The van der Waals surface area contributed by atoms with Crippen LogP contribution in [-0.4, -0.2) is 37.1 Å². The zero-order valence-electron chi connectivity index (χ0n) is 8.21. The maximum atomic E-state index is 11.9. The molecular formula is C10H17NO2. The van der Waals surface area contributed by atoms with E-state index in [9.17, 15) is 4.79 Å². The molecule has 0 bridgehead atoms. The summed E-state index contributed by atoms with van der Waals surface area (Å²) < 4.78 is 5.10. The molecule has 2 rings (SSSR count). The molecule has 0 spiro atoms. The van der Waals surface area contributed by atoms with Crippen molar-refractivity contribution in [2.75, 3.05) is 26.3 Å². The van der Waals surface area contributed by atoms with E-state index in [2.05, 4.69) is 0 Å². The molecule has 2 aliphatic heterocycles. The first kappa shape index (κ1) is 9.00. The van der Waals surface area contributed by atoms with E-state index >= 15 is 0 Å². The number of ether oxygens (including phenoxy) is 1. The van der Waals surface area contributed by atoms with Crippen LogP contribution in [0.5, 0.6) is 0 Å². The number of carbonyl (C=O) groups is 1. The van der Waals surface area contributed by atoms with Gasteiger partial charge in [0.25, 0.3) is 0 Å². The summed E-state index contributed by atoms with van der Waals surface area (Å²) in [7, 11) is 0. The molecule has 74 valence electrons. The van der Waals surface area contributed by atoms with Gasteiger partial charge in [0, 0.05) is 13.1 Å². The highest BCUT2D eigenvalue weighted by atomic mass is 16.5. The number of piperidine rings is 1. The van der Waals surface area contributed by atoms with Crippen molar-refractivity contribution in [3.63, 3.8) is 0 Å². The third-order valence-electron chi connectivity index (χ3n) is 3.00. The predicted octanol–water partition coefficient (Wildman–Crippen LogP) is 1.04. The molecule has 0 N–H and O–H groups in total. The first-order valence-electron chi connectivity index (χ1n) is 5.09. The number of hydrogen-bond acceptors (Lipinski definition) is 2. The Labute approximate surface area is 79.0 Å². The van der Waals surface area contributed by atoms with Gasteiger partial charge in [-0.25, -0.2) is 0 Å². The average Bonchev–Trinajstić information content (AvgIpc) is 2.14. The summed E-state index contributed by atoms with van der Waals surface area (Å²) in [5.74, 6) is 0.304. The van der Waals surface area contributed by atoms with Gasteiger partial charge in [-0.15, -0.1) is 0 Å². The van der Waals surface area contributed by atoms with Crippen LogP contribution in [0.4, 0.5) is 0 Å². The van der Waals surface area contributed by atoms with E-state index in [1.807, 2.05) is 11.8 Å². The van der Waals surface area contributed by atoms with Crippen molar-refractivity contribution in [1.29, 1.82) is 0 Å². The summed E-state index contributed by atoms with van der Waals surface area (Å²) in [6, 6.07) is 0. The topological polar surface area (TPSA) is 29.5 Å². The van der Waals surface area contributed by atoms with Crippen LogP contribution in [0.15, 0.2) is 0 Å². The standard InChI is InChI=1S/C10H17NO2/c1-10(7-13-8-10)9(12)11-5-3-2-4-6-11/h2-8H2,1H3. The van der Waals surface area contributed by atoms with E-state index in [0.717, 1.165) is 13.1 Å². The Balaban J connectivity index is 1.95. The van der Waals surface area contributed by atoms with E-state index in [-0.39, 0.29) is 5.41 Å². The molecule has 0 aromatic rings. The molecule has 13 heavy (non-hydrogen) atoms. The lowest BCUT2D eigenvalue weighted by molar-refractivity contribution is -0.169. The highest BCUT2D eigenvalue weighted by Crippen LogP contribution is 2.30. The van der Waals surface area contributed by atoms with Crippen LogP contribution in [0.3, 0.4) is 0 Å². The maximum absolute atomic E-state index is 11.9. The number of carbonyl (C=O) groups excluding carboxylic acids is 1. The Morgan fingerprint density at radius 1 is 1.23 bits per heavy atom. The van der Waals surface area contributed by atoms with Crippen molar-refractivity contribution < 1.29 is 9.53 Å². The predicted molar refractivity (Wildman–Crippen MR) is 49.4 cm³/mol. The van der Waals surface area contributed by atoms with E-state index in [4.69, 9.17) is 4.74 Å². The molecule has 2 saturated heterocycles. The second kappa shape index (κ2) is 3.29. The molecule has 3 heteroatoms. The minimum absolute atomic E-state index is 0.197. The summed E-state index contributed by atoms with van der Waals surface area (Å²) >= 11 is 0. The molecule has 0 unspecified atom stereocenters. The number of nitrogens with zero attached hydrogens (tertiary/aromatic N) is 1. The Bertz CT molecular complexity index is 205. The van der Waals surface area contributed by atoms with Gasteiger partial charge in [0.1, 0.15) is 0 Å². The van der Waals surface area contributed by atoms with Crippen molar-refractivity contribution in [2.45, 2.75) is 26.2 Å². The third kappa shape index (κ3) is 1.57. The first-order chi connectivity index (χ1) is 6.22. The SMILES string of the molecule is CC1(C(=O)N2CCCCC2)COC1. The largest absolute Gasteiger partial charge is 0.379 e. The van der Waals surface area contributed by atoms with E-state index in [1.54, 1.807) is 0 Å². The fourth-order valence-electron chi connectivity index (χ4n) is 2.01. The van der Waals surface area contributed by atoms with Gasteiger partial charge < -0.3 is 9.64 Å². The number of rotatable bonds is 1. The monoisotopic (exact) mass is 183 g/mol. The Kier molecular flexibility index (Phi) is 2.28. The van der Waals surface area contributed by atoms with Crippen LogP contribution in [0.25, 0.3) is 0 Å². The number of hydrogen-bond donors (Lipinski definition) is 0. The van der Waals surface area contributed by atoms with E-state index in [0.29, 0.717) is 19.1 Å². The maximum Gasteiger partial charge on any atom is 0.233 e. The van der Waals surface area contributed by atoms with Crippen LogP contribution >= 0.6 is 0 Å². The van der Waals surface area contributed by atoms with Gasteiger partial charge in [-0.2, -0.15) is 0 Å². The minimum atomic E-state index is -0.197. The molecular weight excluding hydrogens is 166 g/mol. The van der Waals surface area contributed by atoms with Crippen molar-refractivity contribution in [2.24, 2.45) is 5.41 Å². The Hall–Kier alpha value is -0.570. The van der Waals surface area contributed by atoms with Crippen LogP contribution in [-0.2, 0) is 9.53 Å². The molecule has 2 heterocycles. The lowest BCUT2D eigenvalue weighted by atomic mass is 9.86. The van der Waals surface area contributed by atoms with Gasteiger partial charge in [0.15, 0.2) is 0 Å². The molecule has 1 amide bonds. The van der Waals surface area contributed by atoms with E-state index < -0.39 is 0 Å². The molecule has 3 nitrogen and oxygen atoms in total. The van der Waals surface area contributed by atoms with Crippen LogP contribution < -0.4 is 0 Å². The summed E-state index contributed by atoms with van der Waals surface area (Å²) in [5.41, 5.74) is -0.197.